The van der Waals surface area contributed by atoms with E-state index in [1.165, 1.54) is 0 Å². The van der Waals surface area contributed by atoms with Crippen molar-refractivity contribution in [3.63, 3.8) is 0 Å². The lowest BCUT2D eigenvalue weighted by atomic mass is 9.75. The highest BCUT2D eigenvalue weighted by atomic mass is 16.4. The van der Waals surface area contributed by atoms with Gasteiger partial charge in [-0.05, 0) is 18.3 Å². The number of rotatable bonds is 7. The van der Waals surface area contributed by atoms with Gasteiger partial charge >= 0.3 is 5.97 Å². The number of carboxylic acids is 1. The first-order valence-corrected chi connectivity index (χ1v) is 8.13. The number of nitrogens with one attached hydrogen (secondary N) is 1. The van der Waals surface area contributed by atoms with E-state index >= 15 is 0 Å². The predicted molar refractivity (Wildman–Crippen MR) is 91.1 cm³/mol. The third-order valence-corrected chi connectivity index (χ3v) is 3.69. The number of amides is 1. The van der Waals surface area contributed by atoms with Crippen LogP contribution in [0.1, 0.15) is 74.7 Å². The highest BCUT2D eigenvalue weighted by Crippen LogP contribution is 2.33. The fourth-order valence-electron chi connectivity index (χ4n) is 2.67. The van der Waals surface area contributed by atoms with Gasteiger partial charge < -0.3 is 10.4 Å². The summed E-state index contributed by atoms with van der Waals surface area (Å²) in [7, 11) is 0. The molecule has 0 unspecified atom stereocenters. The van der Waals surface area contributed by atoms with E-state index in [0.29, 0.717) is 6.42 Å². The zero-order chi connectivity index (χ0) is 18.6. The molecule has 0 saturated carbocycles. The summed E-state index contributed by atoms with van der Waals surface area (Å²) in [4.78, 5) is 35.8. The van der Waals surface area contributed by atoms with E-state index in [9.17, 15) is 19.5 Å². The van der Waals surface area contributed by atoms with E-state index in [4.69, 9.17) is 0 Å². The summed E-state index contributed by atoms with van der Waals surface area (Å²) in [5.74, 6) is -1.40. The second-order valence-electron chi connectivity index (χ2n) is 9.20. The minimum Gasteiger partial charge on any atom is -0.480 e. The van der Waals surface area contributed by atoms with E-state index in [2.05, 4.69) is 5.32 Å². The van der Waals surface area contributed by atoms with Crippen molar-refractivity contribution in [2.45, 2.75) is 80.7 Å². The molecule has 1 amide bonds. The predicted octanol–water partition coefficient (Wildman–Crippen LogP) is 3.41. The van der Waals surface area contributed by atoms with Gasteiger partial charge in [-0.1, -0.05) is 55.4 Å². The lowest BCUT2D eigenvalue weighted by Gasteiger charge is -2.32. The SMILES string of the molecule is CC(C)(C)CC(C)(C)C(=O)N[C@@H](CCC(=O)C(C)(C)C)C(=O)O. The molecule has 0 saturated heterocycles. The average molecular weight is 327 g/mol. The fraction of sp³-hybridized carbons (Fsp3) is 0.833. The Morgan fingerprint density at radius 2 is 1.43 bits per heavy atom. The number of carbonyl (C=O) groups is 3. The topological polar surface area (TPSA) is 83.5 Å². The van der Waals surface area contributed by atoms with Crippen molar-refractivity contribution in [1.29, 1.82) is 0 Å². The van der Waals surface area contributed by atoms with Crippen molar-refractivity contribution in [2.75, 3.05) is 0 Å². The molecule has 0 fully saturated rings. The van der Waals surface area contributed by atoms with Crippen LogP contribution in [0.15, 0.2) is 0 Å². The summed E-state index contributed by atoms with van der Waals surface area (Å²) in [6, 6.07) is -1.03. The Balaban J connectivity index is 4.86. The third-order valence-electron chi connectivity index (χ3n) is 3.69. The van der Waals surface area contributed by atoms with Crippen LogP contribution in [0.2, 0.25) is 0 Å². The minimum atomic E-state index is -1.10. The van der Waals surface area contributed by atoms with Gasteiger partial charge in [0.05, 0.1) is 0 Å². The molecule has 0 aromatic heterocycles. The molecule has 0 aromatic rings. The normalized spacial score (nSPS) is 14.3. The monoisotopic (exact) mass is 327 g/mol. The molecule has 0 aromatic carbocycles. The van der Waals surface area contributed by atoms with Crippen LogP contribution in [0.3, 0.4) is 0 Å². The van der Waals surface area contributed by atoms with Crippen LogP contribution in [0.25, 0.3) is 0 Å². The Morgan fingerprint density at radius 3 is 1.78 bits per heavy atom. The lowest BCUT2D eigenvalue weighted by molar-refractivity contribution is -0.144. The van der Waals surface area contributed by atoms with Crippen LogP contribution < -0.4 is 5.32 Å². The third kappa shape index (κ3) is 8.14. The maximum absolute atomic E-state index is 12.4. The molecule has 0 bridgehead atoms. The van der Waals surface area contributed by atoms with Gasteiger partial charge in [0.15, 0.2) is 0 Å². The molecule has 0 aliphatic carbocycles. The summed E-state index contributed by atoms with van der Waals surface area (Å²) < 4.78 is 0. The van der Waals surface area contributed by atoms with Gasteiger partial charge in [0.25, 0.3) is 0 Å². The number of carboxylic acid groups (broad SMARTS) is 1. The van der Waals surface area contributed by atoms with Gasteiger partial charge in [-0.3, -0.25) is 9.59 Å². The highest BCUT2D eigenvalue weighted by Gasteiger charge is 2.35. The van der Waals surface area contributed by atoms with Crippen LogP contribution >= 0.6 is 0 Å². The Morgan fingerprint density at radius 1 is 0.957 bits per heavy atom. The molecule has 23 heavy (non-hydrogen) atoms. The van der Waals surface area contributed by atoms with Crippen LogP contribution in [0.4, 0.5) is 0 Å². The van der Waals surface area contributed by atoms with Crippen molar-refractivity contribution < 1.29 is 19.5 Å². The average Bonchev–Trinajstić information content (AvgIpc) is 2.28. The maximum Gasteiger partial charge on any atom is 0.326 e. The molecule has 5 heteroatoms. The summed E-state index contributed by atoms with van der Waals surface area (Å²) in [6.07, 6.45) is 0.891. The largest absolute Gasteiger partial charge is 0.480 e. The van der Waals surface area contributed by atoms with E-state index in [1.54, 1.807) is 20.8 Å². The first kappa shape index (κ1) is 21.6. The molecule has 5 nitrogen and oxygen atoms in total. The van der Waals surface area contributed by atoms with E-state index in [-0.39, 0.29) is 29.9 Å². The Bertz CT molecular complexity index is 453. The van der Waals surface area contributed by atoms with Gasteiger partial charge in [-0.25, -0.2) is 4.79 Å². The molecule has 0 radical (unpaired) electrons. The molecule has 0 heterocycles. The Kier molecular flexibility index (Phi) is 7.00. The zero-order valence-electron chi connectivity index (χ0n) is 15.9. The highest BCUT2D eigenvalue weighted by molar-refractivity contribution is 5.88. The second kappa shape index (κ2) is 7.45. The summed E-state index contributed by atoms with van der Waals surface area (Å²) >= 11 is 0. The summed E-state index contributed by atoms with van der Waals surface area (Å²) in [6.45, 7) is 15.2. The second-order valence-corrected chi connectivity index (χ2v) is 9.20. The molecule has 0 spiro atoms. The number of carbonyl (C=O) groups excluding carboxylic acids is 2. The Hall–Kier alpha value is -1.39. The number of aliphatic carboxylic acids is 1. The maximum atomic E-state index is 12.4. The minimum absolute atomic E-state index is 0.00745. The fourth-order valence-corrected chi connectivity index (χ4v) is 2.67. The van der Waals surface area contributed by atoms with Gasteiger partial charge in [-0.2, -0.15) is 0 Å². The van der Waals surface area contributed by atoms with Gasteiger partial charge in [0, 0.05) is 17.3 Å². The van der Waals surface area contributed by atoms with Crippen molar-refractivity contribution in [2.24, 2.45) is 16.2 Å². The van der Waals surface area contributed by atoms with Crippen molar-refractivity contribution in [3.05, 3.63) is 0 Å². The lowest BCUT2D eigenvalue weighted by Crippen LogP contribution is -2.47. The smallest absolute Gasteiger partial charge is 0.326 e. The van der Waals surface area contributed by atoms with E-state index in [0.717, 1.165) is 0 Å². The van der Waals surface area contributed by atoms with Crippen LogP contribution in [-0.4, -0.2) is 28.8 Å². The van der Waals surface area contributed by atoms with E-state index in [1.807, 2.05) is 34.6 Å². The quantitative estimate of drug-likeness (QED) is 0.750. The molecule has 0 aliphatic heterocycles. The molecular formula is C18H33NO4. The first-order chi connectivity index (χ1) is 10.1. The van der Waals surface area contributed by atoms with Crippen LogP contribution in [-0.2, 0) is 14.4 Å². The molecule has 0 aliphatic rings. The standard InChI is InChI=1S/C18H33NO4/c1-16(2,3)11-18(7,8)15(23)19-12(14(21)22)9-10-13(20)17(4,5)6/h12H,9-11H2,1-8H3,(H,19,23)(H,21,22)/t12-/m0/s1. The van der Waals surface area contributed by atoms with Gasteiger partial charge in [0.1, 0.15) is 11.8 Å². The first-order valence-electron chi connectivity index (χ1n) is 8.13. The summed E-state index contributed by atoms with van der Waals surface area (Å²) in [5.41, 5.74) is -1.21. The van der Waals surface area contributed by atoms with Crippen molar-refractivity contribution in [1.82, 2.24) is 5.32 Å². The molecule has 1 atom stereocenters. The van der Waals surface area contributed by atoms with Gasteiger partial charge in [0.2, 0.25) is 5.91 Å². The molecular weight excluding hydrogens is 294 g/mol. The zero-order valence-corrected chi connectivity index (χ0v) is 15.9. The number of ketones is 1. The summed E-state index contributed by atoms with van der Waals surface area (Å²) in [5, 5.41) is 11.9. The van der Waals surface area contributed by atoms with Crippen molar-refractivity contribution in [3.8, 4) is 0 Å². The molecule has 134 valence electrons. The number of hydrogen-bond donors (Lipinski definition) is 2. The van der Waals surface area contributed by atoms with E-state index < -0.39 is 22.8 Å². The Labute approximate surface area is 140 Å². The molecule has 0 rings (SSSR count). The van der Waals surface area contributed by atoms with Crippen LogP contribution in [0.5, 0.6) is 0 Å². The van der Waals surface area contributed by atoms with Crippen molar-refractivity contribution >= 4 is 17.7 Å². The molecule has 2 N–H and O–H groups in total. The van der Waals surface area contributed by atoms with Crippen LogP contribution in [0, 0.1) is 16.2 Å². The number of hydrogen-bond acceptors (Lipinski definition) is 3. The van der Waals surface area contributed by atoms with Gasteiger partial charge in [-0.15, -0.1) is 0 Å². The number of Topliss-reactive ketones (excluding diaryl/α,β-unsaturated/α-hetero) is 1.